The van der Waals surface area contributed by atoms with Gasteiger partial charge in [-0.2, -0.15) is 0 Å². The molecule has 0 amide bonds. The highest BCUT2D eigenvalue weighted by atomic mass is 16.4. The van der Waals surface area contributed by atoms with E-state index in [2.05, 4.69) is 10.3 Å². The average molecular weight is 242 g/mol. The number of carboxylic acid groups (broad SMARTS) is 1. The molecule has 92 valence electrons. The molecule has 0 fully saturated rings. The van der Waals surface area contributed by atoms with E-state index >= 15 is 0 Å². The lowest BCUT2D eigenvalue weighted by molar-refractivity contribution is 0.0698. The second kappa shape index (κ2) is 5.31. The fourth-order valence-electron chi connectivity index (χ4n) is 1.72. The van der Waals surface area contributed by atoms with Gasteiger partial charge in [-0.05, 0) is 24.1 Å². The number of pyridine rings is 1. The van der Waals surface area contributed by atoms with Gasteiger partial charge in [0.15, 0.2) is 0 Å². The molecule has 0 bridgehead atoms. The third kappa shape index (κ3) is 2.66. The lowest BCUT2D eigenvalue weighted by Gasteiger charge is -2.10. The monoisotopic (exact) mass is 242 g/mol. The lowest BCUT2D eigenvalue weighted by atomic mass is 10.1. The number of aromatic nitrogens is 1. The van der Waals surface area contributed by atoms with Gasteiger partial charge < -0.3 is 10.4 Å². The van der Waals surface area contributed by atoms with Gasteiger partial charge in [0.25, 0.3) is 0 Å². The maximum absolute atomic E-state index is 11.0. The lowest BCUT2D eigenvalue weighted by Crippen LogP contribution is -2.07. The molecule has 2 rings (SSSR count). The smallest absolute Gasteiger partial charge is 0.337 e. The molecular weight excluding hydrogens is 228 g/mol. The zero-order chi connectivity index (χ0) is 13.0. The number of carbonyl (C=O) groups is 1. The van der Waals surface area contributed by atoms with Gasteiger partial charge in [0.2, 0.25) is 0 Å². The molecule has 0 atom stereocenters. The van der Waals surface area contributed by atoms with Crippen molar-refractivity contribution in [1.82, 2.24) is 4.98 Å². The summed E-state index contributed by atoms with van der Waals surface area (Å²) in [5.74, 6) is -0.954. The van der Waals surface area contributed by atoms with Crippen molar-refractivity contribution in [2.75, 3.05) is 5.32 Å². The minimum atomic E-state index is -0.954. The van der Waals surface area contributed by atoms with Crippen LogP contribution in [0, 0.1) is 6.92 Å². The van der Waals surface area contributed by atoms with Gasteiger partial charge in [-0.3, -0.25) is 4.98 Å². The van der Waals surface area contributed by atoms with E-state index in [0.717, 1.165) is 5.56 Å². The summed E-state index contributed by atoms with van der Waals surface area (Å²) in [7, 11) is 0. The topological polar surface area (TPSA) is 62.2 Å². The van der Waals surface area contributed by atoms with Crippen LogP contribution in [0.1, 0.15) is 21.5 Å². The number of aromatic carboxylic acids is 1. The third-order valence-corrected chi connectivity index (χ3v) is 2.78. The minimum absolute atomic E-state index is 0.235. The van der Waals surface area contributed by atoms with Gasteiger partial charge in [-0.15, -0.1) is 0 Å². The Labute approximate surface area is 105 Å². The number of aryl methyl sites for hydroxylation is 1. The van der Waals surface area contributed by atoms with Crippen molar-refractivity contribution in [3.05, 3.63) is 59.4 Å². The van der Waals surface area contributed by atoms with Gasteiger partial charge in [0.05, 0.1) is 17.4 Å². The highest BCUT2D eigenvalue weighted by Gasteiger charge is 2.09. The van der Waals surface area contributed by atoms with Crippen molar-refractivity contribution in [2.24, 2.45) is 0 Å². The molecule has 4 nitrogen and oxygen atoms in total. The van der Waals surface area contributed by atoms with Crippen LogP contribution in [0.3, 0.4) is 0 Å². The van der Waals surface area contributed by atoms with E-state index in [1.54, 1.807) is 0 Å². The fourth-order valence-corrected chi connectivity index (χ4v) is 1.72. The Morgan fingerprint density at radius 2 is 2.11 bits per heavy atom. The van der Waals surface area contributed by atoms with Crippen LogP contribution in [-0.2, 0) is 6.54 Å². The summed E-state index contributed by atoms with van der Waals surface area (Å²) in [6.45, 7) is 2.61. The standard InChI is InChI=1S/C14H14N2O2/c1-10-4-2-3-5-11(10)8-16-13-9-15-7-6-12(13)14(17)18/h2-7,9,16H,8H2,1H3,(H,17,18). The summed E-state index contributed by atoms with van der Waals surface area (Å²) in [5, 5.41) is 12.2. The predicted molar refractivity (Wildman–Crippen MR) is 69.7 cm³/mol. The van der Waals surface area contributed by atoms with Crippen molar-refractivity contribution in [3.8, 4) is 0 Å². The third-order valence-electron chi connectivity index (χ3n) is 2.78. The van der Waals surface area contributed by atoms with E-state index in [9.17, 15) is 4.79 Å². The van der Waals surface area contributed by atoms with Crippen LogP contribution in [-0.4, -0.2) is 16.1 Å². The average Bonchev–Trinajstić information content (AvgIpc) is 2.38. The summed E-state index contributed by atoms with van der Waals surface area (Å²) >= 11 is 0. The summed E-state index contributed by atoms with van der Waals surface area (Å²) in [6.07, 6.45) is 3.00. The maximum Gasteiger partial charge on any atom is 0.337 e. The molecule has 1 aromatic carbocycles. The van der Waals surface area contributed by atoms with E-state index in [4.69, 9.17) is 5.11 Å². The van der Waals surface area contributed by atoms with E-state index < -0.39 is 5.97 Å². The molecule has 1 aromatic heterocycles. The van der Waals surface area contributed by atoms with E-state index in [0.29, 0.717) is 12.2 Å². The normalized spacial score (nSPS) is 10.1. The molecule has 4 heteroatoms. The van der Waals surface area contributed by atoms with Crippen molar-refractivity contribution in [3.63, 3.8) is 0 Å². The number of nitrogens with zero attached hydrogens (tertiary/aromatic N) is 1. The number of hydrogen-bond donors (Lipinski definition) is 2. The Kier molecular flexibility index (Phi) is 3.57. The molecule has 1 heterocycles. The summed E-state index contributed by atoms with van der Waals surface area (Å²) in [5.41, 5.74) is 3.08. The Balaban J connectivity index is 2.16. The maximum atomic E-state index is 11.0. The van der Waals surface area contributed by atoms with Gasteiger partial charge in [0, 0.05) is 12.7 Å². The Bertz CT molecular complexity index is 567. The summed E-state index contributed by atoms with van der Waals surface area (Å²) < 4.78 is 0. The van der Waals surface area contributed by atoms with Crippen molar-refractivity contribution in [1.29, 1.82) is 0 Å². The molecule has 0 aliphatic heterocycles. The SMILES string of the molecule is Cc1ccccc1CNc1cnccc1C(=O)O. The number of anilines is 1. The van der Waals surface area contributed by atoms with Crippen LogP contribution in [0.25, 0.3) is 0 Å². The van der Waals surface area contributed by atoms with Gasteiger partial charge in [-0.1, -0.05) is 24.3 Å². The first-order valence-corrected chi connectivity index (χ1v) is 5.64. The molecule has 0 aliphatic rings. The molecule has 0 aliphatic carbocycles. The van der Waals surface area contributed by atoms with E-state index in [1.807, 2.05) is 31.2 Å². The molecule has 0 saturated carbocycles. The number of benzene rings is 1. The summed E-state index contributed by atoms with van der Waals surface area (Å²) in [4.78, 5) is 15.0. The Hall–Kier alpha value is -2.36. The molecule has 0 unspecified atom stereocenters. The van der Waals surface area contributed by atoms with Crippen LogP contribution >= 0.6 is 0 Å². The molecular formula is C14H14N2O2. The quantitative estimate of drug-likeness (QED) is 0.865. The number of hydrogen-bond acceptors (Lipinski definition) is 3. The Morgan fingerprint density at radius 3 is 2.83 bits per heavy atom. The van der Waals surface area contributed by atoms with Crippen molar-refractivity contribution >= 4 is 11.7 Å². The fraction of sp³-hybridized carbons (Fsp3) is 0.143. The molecule has 0 radical (unpaired) electrons. The minimum Gasteiger partial charge on any atom is -0.478 e. The first-order valence-electron chi connectivity index (χ1n) is 5.64. The molecule has 2 aromatic rings. The highest BCUT2D eigenvalue weighted by Crippen LogP contribution is 2.15. The molecule has 18 heavy (non-hydrogen) atoms. The van der Waals surface area contributed by atoms with Crippen molar-refractivity contribution in [2.45, 2.75) is 13.5 Å². The van der Waals surface area contributed by atoms with Crippen LogP contribution in [0.4, 0.5) is 5.69 Å². The highest BCUT2D eigenvalue weighted by molar-refractivity contribution is 5.93. The zero-order valence-electron chi connectivity index (χ0n) is 10.1. The first-order chi connectivity index (χ1) is 8.68. The Morgan fingerprint density at radius 1 is 1.33 bits per heavy atom. The van der Waals surface area contributed by atoms with Crippen LogP contribution in [0.2, 0.25) is 0 Å². The van der Waals surface area contributed by atoms with Gasteiger partial charge in [-0.25, -0.2) is 4.79 Å². The van der Waals surface area contributed by atoms with Crippen LogP contribution in [0.5, 0.6) is 0 Å². The zero-order valence-corrected chi connectivity index (χ0v) is 10.1. The second-order valence-electron chi connectivity index (χ2n) is 4.01. The van der Waals surface area contributed by atoms with Gasteiger partial charge >= 0.3 is 5.97 Å². The predicted octanol–water partition coefficient (Wildman–Crippen LogP) is 2.70. The largest absolute Gasteiger partial charge is 0.478 e. The van der Waals surface area contributed by atoms with Crippen LogP contribution in [0.15, 0.2) is 42.7 Å². The second-order valence-corrected chi connectivity index (χ2v) is 4.01. The number of carboxylic acids is 1. The van der Waals surface area contributed by atoms with E-state index in [-0.39, 0.29) is 5.56 Å². The first kappa shape index (κ1) is 12.1. The summed E-state index contributed by atoms with van der Waals surface area (Å²) in [6, 6.07) is 9.47. The number of nitrogens with one attached hydrogen (secondary N) is 1. The van der Waals surface area contributed by atoms with Crippen LogP contribution < -0.4 is 5.32 Å². The number of rotatable bonds is 4. The molecule has 0 saturated heterocycles. The molecule has 2 N–H and O–H groups in total. The molecule has 0 spiro atoms. The van der Waals surface area contributed by atoms with E-state index in [1.165, 1.54) is 24.0 Å². The van der Waals surface area contributed by atoms with Gasteiger partial charge in [0.1, 0.15) is 0 Å². The van der Waals surface area contributed by atoms with Crippen molar-refractivity contribution < 1.29 is 9.90 Å².